The van der Waals surface area contributed by atoms with Gasteiger partial charge in [-0.25, -0.2) is 0 Å². The summed E-state index contributed by atoms with van der Waals surface area (Å²) >= 11 is 0. The van der Waals surface area contributed by atoms with Crippen molar-refractivity contribution < 1.29 is 9.90 Å². The molecule has 0 fully saturated rings. The van der Waals surface area contributed by atoms with Gasteiger partial charge in [0.2, 0.25) is 6.41 Å². The summed E-state index contributed by atoms with van der Waals surface area (Å²) in [5.74, 6) is 0. The minimum absolute atomic E-state index is 0.0948. The number of aliphatic hydroxyl groups is 1. The molecule has 0 aliphatic heterocycles. The van der Waals surface area contributed by atoms with Crippen molar-refractivity contribution in [2.45, 2.75) is 13.3 Å². The number of benzene rings is 2. The van der Waals surface area contributed by atoms with E-state index in [1.54, 1.807) is 6.07 Å². The lowest BCUT2D eigenvalue weighted by atomic mass is 10.1. The van der Waals surface area contributed by atoms with Gasteiger partial charge in [-0.15, -0.1) is 0 Å². The largest absolute Gasteiger partial charge is 0.396 e. The Labute approximate surface area is 147 Å². The number of fused-ring (bicyclic) bond motifs is 1. The van der Waals surface area contributed by atoms with Crippen LogP contribution in [0.2, 0.25) is 0 Å². The molecule has 0 saturated carbocycles. The topological polar surface area (TPSA) is 74.2 Å². The molecule has 0 saturated heterocycles. The monoisotopic (exact) mass is 337 g/mol. The van der Waals surface area contributed by atoms with Crippen molar-refractivity contribution in [3.63, 3.8) is 0 Å². The lowest BCUT2D eigenvalue weighted by molar-refractivity contribution is -0.105. The van der Waals surface area contributed by atoms with Crippen LogP contribution >= 0.6 is 0 Å². The van der Waals surface area contributed by atoms with Gasteiger partial charge < -0.3 is 15.7 Å². The third-order valence-electron chi connectivity index (χ3n) is 3.73. The van der Waals surface area contributed by atoms with Crippen LogP contribution in [0, 0.1) is 6.92 Å². The first-order valence-electron chi connectivity index (χ1n) is 8.12. The van der Waals surface area contributed by atoms with Gasteiger partial charge in [-0.2, -0.15) is 0 Å². The molecule has 0 bridgehead atoms. The number of aliphatic hydroxyl groups excluding tert-OH is 1. The van der Waals surface area contributed by atoms with Crippen LogP contribution < -0.4 is 10.6 Å². The lowest BCUT2D eigenvalue weighted by Gasteiger charge is -2.05. The summed E-state index contributed by atoms with van der Waals surface area (Å²) in [6.07, 6.45) is 1.20. The molecule has 130 valence electrons. The number of hydrogen-bond acceptors (Lipinski definition) is 4. The molecule has 0 radical (unpaired) electrons. The highest BCUT2D eigenvalue weighted by molar-refractivity contribution is 5.82. The van der Waals surface area contributed by atoms with E-state index in [4.69, 9.17) is 5.11 Å². The molecule has 0 unspecified atom stereocenters. The smallest absolute Gasteiger partial charge is 0.211 e. The Bertz CT molecular complexity index is 834. The van der Waals surface area contributed by atoms with E-state index >= 15 is 0 Å². The number of pyridine rings is 1. The third kappa shape index (κ3) is 5.29. The van der Waals surface area contributed by atoms with E-state index in [-0.39, 0.29) is 6.61 Å². The van der Waals surface area contributed by atoms with Crippen LogP contribution in [-0.2, 0) is 11.2 Å². The highest BCUT2D eigenvalue weighted by atomic mass is 16.3. The van der Waals surface area contributed by atoms with E-state index < -0.39 is 0 Å². The quantitative estimate of drug-likeness (QED) is 0.624. The van der Waals surface area contributed by atoms with Crippen molar-refractivity contribution in [1.29, 1.82) is 0 Å². The maximum Gasteiger partial charge on any atom is 0.211 e. The van der Waals surface area contributed by atoms with Crippen molar-refractivity contribution >= 4 is 28.7 Å². The predicted molar refractivity (Wildman–Crippen MR) is 103 cm³/mol. The average Bonchev–Trinajstić information content (AvgIpc) is 2.64. The van der Waals surface area contributed by atoms with E-state index in [0.29, 0.717) is 12.8 Å². The number of aryl methyl sites for hydroxylation is 1. The fourth-order valence-corrected chi connectivity index (χ4v) is 2.45. The number of carbonyl (C=O) groups excluding carboxylic acids is 1. The Hall–Kier alpha value is -2.92. The predicted octanol–water partition coefficient (Wildman–Crippen LogP) is 3.37. The number of amides is 1. The number of anilines is 2. The Morgan fingerprint density at radius 2 is 1.92 bits per heavy atom. The standard InChI is InChI=1S/C11H12N2.C9H11NO2/c1-8-3-4-9-7-10(12-2)5-6-11(9)13-8;11-6-5-8-3-1-2-4-9(8)10-7-12/h3-7,12H,1-2H3;1-4,7,11H,5-6H2,(H,10,12). The number of nitrogens with one attached hydrogen (secondary N) is 2. The van der Waals surface area contributed by atoms with Crippen LogP contribution in [0.4, 0.5) is 11.4 Å². The Balaban J connectivity index is 0.000000181. The van der Waals surface area contributed by atoms with Crippen LogP contribution in [0.15, 0.2) is 54.6 Å². The second-order valence-electron chi connectivity index (χ2n) is 5.50. The molecule has 1 heterocycles. The first-order chi connectivity index (χ1) is 12.2. The molecule has 1 amide bonds. The van der Waals surface area contributed by atoms with Crippen LogP contribution in [0.1, 0.15) is 11.3 Å². The number of rotatable bonds is 5. The SMILES string of the molecule is CNc1ccc2nc(C)ccc2c1.O=CNc1ccccc1CCO. The molecule has 3 aromatic rings. The number of hydrogen-bond donors (Lipinski definition) is 3. The van der Waals surface area contributed by atoms with Gasteiger partial charge in [0.05, 0.1) is 5.52 Å². The van der Waals surface area contributed by atoms with Crippen molar-refractivity contribution in [3.05, 3.63) is 65.9 Å². The highest BCUT2D eigenvalue weighted by Gasteiger charge is 1.98. The molecular formula is C20H23N3O2. The molecular weight excluding hydrogens is 314 g/mol. The fourth-order valence-electron chi connectivity index (χ4n) is 2.45. The van der Waals surface area contributed by atoms with E-state index in [1.165, 1.54) is 5.39 Å². The molecule has 0 aliphatic carbocycles. The third-order valence-corrected chi connectivity index (χ3v) is 3.73. The molecule has 5 heteroatoms. The van der Waals surface area contributed by atoms with Gasteiger partial charge in [0, 0.05) is 36.1 Å². The number of aromatic nitrogens is 1. The normalized spacial score (nSPS) is 9.88. The second kappa shape index (κ2) is 9.39. The summed E-state index contributed by atoms with van der Waals surface area (Å²) < 4.78 is 0. The van der Waals surface area contributed by atoms with Crippen LogP contribution in [0.5, 0.6) is 0 Å². The number of carbonyl (C=O) groups is 1. The molecule has 0 aliphatic rings. The van der Waals surface area contributed by atoms with Gasteiger partial charge in [0.1, 0.15) is 0 Å². The zero-order valence-corrected chi connectivity index (χ0v) is 14.5. The van der Waals surface area contributed by atoms with E-state index in [1.807, 2.05) is 50.4 Å². The first kappa shape index (κ1) is 18.4. The van der Waals surface area contributed by atoms with E-state index in [9.17, 15) is 4.79 Å². The van der Waals surface area contributed by atoms with Crippen molar-refractivity contribution in [1.82, 2.24) is 4.98 Å². The summed E-state index contributed by atoms with van der Waals surface area (Å²) in [5.41, 5.74) is 4.95. The van der Waals surface area contributed by atoms with Gasteiger partial charge in [-0.1, -0.05) is 24.3 Å². The van der Waals surface area contributed by atoms with Crippen molar-refractivity contribution in [2.24, 2.45) is 0 Å². The van der Waals surface area contributed by atoms with Gasteiger partial charge in [-0.3, -0.25) is 9.78 Å². The summed E-state index contributed by atoms with van der Waals surface area (Å²) in [5, 5.41) is 15.5. The minimum atomic E-state index is 0.0948. The molecule has 3 rings (SSSR count). The summed E-state index contributed by atoms with van der Waals surface area (Å²) in [6, 6.07) is 17.7. The molecule has 5 nitrogen and oxygen atoms in total. The maximum absolute atomic E-state index is 10.2. The van der Waals surface area contributed by atoms with E-state index in [2.05, 4.69) is 27.8 Å². The average molecular weight is 337 g/mol. The highest BCUT2D eigenvalue weighted by Crippen LogP contribution is 2.17. The van der Waals surface area contributed by atoms with Crippen LogP contribution in [0.25, 0.3) is 10.9 Å². The van der Waals surface area contributed by atoms with Gasteiger partial charge in [-0.05, 0) is 49.2 Å². The molecule has 1 aromatic heterocycles. The van der Waals surface area contributed by atoms with Crippen molar-refractivity contribution in [3.8, 4) is 0 Å². The van der Waals surface area contributed by atoms with Gasteiger partial charge in [0.25, 0.3) is 0 Å². The van der Waals surface area contributed by atoms with Gasteiger partial charge >= 0.3 is 0 Å². The van der Waals surface area contributed by atoms with E-state index in [0.717, 1.165) is 28.1 Å². The molecule has 3 N–H and O–H groups in total. The van der Waals surface area contributed by atoms with Crippen molar-refractivity contribution in [2.75, 3.05) is 24.3 Å². The lowest BCUT2D eigenvalue weighted by Crippen LogP contribution is -2.00. The Morgan fingerprint density at radius 1 is 1.12 bits per heavy atom. The zero-order chi connectivity index (χ0) is 18.1. The molecule has 2 aromatic carbocycles. The number of nitrogens with zero attached hydrogens (tertiary/aromatic N) is 1. The fraction of sp³-hybridized carbons (Fsp3) is 0.200. The molecule has 0 atom stereocenters. The summed E-state index contributed by atoms with van der Waals surface area (Å²) in [4.78, 5) is 14.6. The van der Waals surface area contributed by atoms with Crippen LogP contribution in [0.3, 0.4) is 0 Å². The second-order valence-corrected chi connectivity index (χ2v) is 5.50. The van der Waals surface area contributed by atoms with Gasteiger partial charge in [0.15, 0.2) is 0 Å². The Morgan fingerprint density at radius 3 is 2.64 bits per heavy atom. The zero-order valence-electron chi connectivity index (χ0n) is 14.5. The summed E-state index contributed by atoms with van der Waals surface area (Å²) in [7, 11) is 1.92. The van der Waals surface area contributed by atoms with Crippen LogP contribution in [-0.4, -0.2) is 30.2 Å². The summed E-state index contributed by atoms with van der Waals surface area (Å²) in [6.45, 7) is 2.10. The Kier molecular flexibility index (Phi) is 6.92. The molecule has 25 heavy (non-hydrogen) atoms. The molecule has 0 spiro atoms. The maximum atomic E-state index is 10.2. The number of para-hydroxylation sites is 1. The minimum Gasteiger partial charge on any atom is -0.396 e. The first-order valence-corrected chi connectivity index (χ1v) is 8.12.